The first-order chi connectivity index (χ1) is 7.85. The quantitative estimate of drug-likeness (QED) is 0.809. The van der Waals surface area contributed by atoms with Gasteiger partial charge in [-0.15, -0.1) is 0 Å². The molecule has 0 aliphatic heterocycles. The van der Waals surface area contributed by atoms with E-state index in [0.29, 0.717) is 5.56 Å². The number of nitrogens with one attached hydrogen (secondary N) is 1. The lowest BCUT2D eigenvalue weighted by atomic mass is 10.0. The molecule has 1 aromatic rings. The van der Waals surface area contributed by atoms with Gasteiger partial charge in [0.05, 0.1) is 12.3 Å². The second-order valence-electron chi connectivity index (χ2n) is 3.97. The highest BCUT2D eigenvalue weighted by molar-refractivity contribution is 7.89. The minimum atomic E-state index is -3.32. The first-order valence-electron chi connectivity index (χ1n) is 5.43. The molecule has 0 amide bonds. The lowest BCUT2D eigenvalue weighted by molar-refractivity contribution is 0.0996. The van der Waals surface area contributed by atoms with Crippen molar-refractivity contribution in [3.8, 4) is 0 Å². The molecule has 0 aliphatic carbocycles. The molecule has 1 rings (SSSR count). The third kappa shape index (κ3) is 3.94. The Morgan fingerprint density at radius 2 is 1.94 bits per heavy atom. The standard InChI is InChI=1S/C12H17NO3S/c1-4-17(15,16)13-8-12(14)11-7-9(2)5-6-10(11)3/h5-7,13H,4,8H2,1-3H3. The van der Waals surface area contributed by atoms with Gasteiger partial charge in [-0.3, -0.25) is 4.79 Å². The number of benzene rings is 1. The smallest absolute Gasteiger partial charge is 0.211 e. The molecule has 1 N–H and O–H groups in total. The maximum atomic E-state index is 11.9. The van der Waals surface area contributed by atoms with Crippen LogP contribution in [-0.2, 0) is 10.0 Å². The Labute approximate surface area is 102 Å². The average Bonchev–Trinajstić information content (AvgIpc) is 2.29. The molecule has 5 heteroatoms. The van der Waals surface area contributed by atoms with Gasteiger partial charge in [-0.05, 0) is 32.4 Å². The Morgan fingerprint density at radius 1 is 1.29 bits per heavy atom. The van der Waals surface area contributed by atoms with Crippen molar-refractivity contribution < 1.29 is 13.2 Å². The molecular formula is C12H17NO3S. The lowest BCUT2D eigenvalue weighted by Gasteiger charge is -2.07. The zero-order valence-electron chi connectivity index (χ0n) is 10.3. The van der Waals surface area contributed by atoms with Gasteiger partial charge in [0.2, 0.25) is 10.0 Å². The van der Waals surface area contributed by atoms with Gasteiger partial charge in [-0.1, -0.05) is 17.7 Å². The van der Waals surface area contributed by atoms with E-state index in [1.165, 1.54) is 6.92 Å². The molecule has 0 saturated heterocycles. The molecule has 4 nitrogen and oxygen atoms in total. The normalized spacial score (nSPS) is 11.5. The van der Waals surface area contributed by atoms with Crippen LogP contribution in [0.15, 0.2) is 18.2 Å². The summed E-state index contributed by atoms with van der Waals surface area (Å²) < 4.78 is 24.7. The van der Waals surface area contributed by atoms with Crippen LogP contribution in [0.1, 0.15) is 28.4 Å². The number of carbonyl (C=O) groups excluding carboxylic acids is 1. The van der Waals surface area contributed by atoms with Crippen LogP contribution >= 0.6 is 0 Å². The fraction of sp³-hybridized carbons (Fsp3) is 0.417. The lowest BCUT2D eigenvalue weighted by Crippen LogP contribution is -2.31. The van der Waals surface area contributed by atoms with E-state index >= 15 is 0 Å². The number of aryl methyl sites for hydroxylation is 2. The number of ketones is 1. The maximum absolute atomic E-state index is 11.9. The van der Waals surface area contributed by atoms with Crippen LogP contribution in [0.4, 0.5) is 0 Å². The SMILES string of the molecule is CCS(=O)(=O)NCC(=O)c1cc(C)ccc1C. The second-order valence-corrected chi connectivity index (χ2v) is 6.06. The van der Waals surface area contributed by atoms with Gasteiger partial charge in [0.25, 0.3) is 0 Å². The average molecular weight is 255 g/mol. The van der Waals surface area contributed by atoms with Gasteiger partial charge < -0.3 is 0 Å². The molecule has 0 aromatic heterocycles. The van der Waals surface area contributed by atoms with Crippen LogP contribution in [0.2, 0.25) is 0 Å². The van der Waals surface area contributed by atoms with Gasteiger partial charge >= 0.3 is 0 Å². The minimum Gasteiger partial charge on any atom is -0.293 e. The van der Waals surface area contributed by atoms with Crippen LogP contribution in [-0.4, -0.2) is 26.5 Å². The molecule has 0 heterocycles. The number of hydrogen-bond donors (Lipinski definition) is 1. The molecule has 0 fully saturated rings. The Hall–Kier alpha value is -1.20. The van der Waals surface area contributed by atoms with Crippen molar-refractivity contribution in [3.63, 3.8) is 0 Å². The molecule has 0 bridgehead atoms. The summed E-state index contributed by atoms with van der Waals surface area (Å²) >= 11 is 0. The van der Waals surface area contributed by atoms with Crippen molar-refractivity contribution in [2.45, 2.75) is 20.8 Å². The summed E-state index contributed by atoms with van der Waals surface area (Å²) in [7, 11) is -3.32. The molecule has 0 atom stereocenters. The minimum absolute atomic E-state index is 0.0208. The number of hydrogen-bond acceptors (Lipinski definition) is 3. The van der Waals surface area contributed by atoms with Crippen molar-refractivity contribution in [2.75, 3.05) is 12.3 Å². The molecule has 17 heavy (non-hydrogen) atoms. The highest BCUT2D eigenvalue weighted by Gasteiger charge is 2.13. The van der Waals surface area contributed by atoms with Crippen molar-refractivity contribution in [2.24, 2.45) is 0 Å². The largest absolute Gasteiger partial charge is 0.293 e. The number of sulfonamides is 1. The number of Topliss-reactive ketones (excluding diaryl/α,β-unsaturated/α-hetero) is 1. The van der Waals surface area contributed by atoms with Gasteiger partial charge in [-0.25, -0.2) is 13.1 Å². The zero-order valence-corrected chi connectivity index (χ0v) is 11.1. The van der Waals surface area contributed by atoms with Crippen molar-refractivity contribution in [3.05, 3.63) is 34.9 Å². The van der Waals surface area contributed by atoms with E-state index in [1.54, 1.807) is 6.07 Å². The van der Waals surface area contributed by atoms with Crippen molar-refractivity contribution >= 4 is 15.8 Å². The highest BCUT2D eigenvalue weighted by Crippen LogP contribution is 2.11. The fourth-order valence-electron chi connectivity index (χ4n) is 1.41. The number of rotatable bonds is 5. The van der Waals surface area contributed by atoms with E-state index in [4.69, 9.17) is 0 Å². The summed E-state index contributed by atoms with van der Waals surface area (Å²) in [6, 6.07) is 5.55. The zero-order chi connectivity index (χ0) is 13.1. The van der Waals surface area contributed by atoms with Crippen molar-refractivity contribution in [1.29, 1.82) is 0 Å². The summed E-state index contributed by atoms with van der Waals surface area (Å²) in [6.45, 7) is 5.08. The first-order valence-corrected chi connectivity index (χ1v) is 7.08. The maximum Gasteiger partial charge on any atom is 0.211 e. The van der Waals surface area contributed by atoms with E-state index in [2.05, 4.69) is 4.72 Å². The molecule has 0 saturated carbocycles. The summed E-state index contributed by atoms with van der Waals surface area (Å²) in [5.41, 5.74) is 2.41. The predicted molar refractivity (Wildman–Crippen MR) is 67.7 cm³/mol. The Bertz CT molecular complexity index is 521. The Balaban J connectivity index is 2.81. The van der Waals surface area contributed by atoms with Crippen molar-refractivity contribution in [1.82, 2.24) is 4.72 Å². The van der Waals surface area contributed by atoms with Gasteiger partial charge in [-0.2, -0.15) is 0 Å². The second kappa shape index (κ2) is 5.42. The van der Waals surface area contributed by atoms with Crippen LogP contribution < -0.4 is 4.72 Å². The summed E-state index contributed by atoms with van der Waals surface area (Å²) in [6.07, 6.45) is 0. The van der Waals surface area contributed by atoms with Crippen LogP contribution in [0.5, 0.6) is 0 Å². The summed E-state index contributed by atoms with van der Waals surface area (Å²) in [4.78, 5) is 11.9. The third-order valence-corrected chi connectivity index (χ3v) is 3.87. The van der Waals surface area contributed by atoms with E-state index in [0.717, 1.165) is 11.1 Å². The van der Waals surface area contributed by atoms with E-state index in [9.17, 15) is 13.2 Å². The molecule has 0 spiro atoms. The fourth-order valence-corrected chi connectivity index (χ4v) is 1.96. The van der Waals surface area contributed by atoms with E-state index < -0.39 is 10.0 Å². The molecular weight excluding hydrogens is 238 g/mol. The molecule has 1 aromatic carbocycles. The highest BCUT2D eigenvalue weighted by atomic mass is 32.2. The topological polar surface area (TPSA) is 63.2 Å². The van der Waals surface area contributed by atoms with Crippen LogP contribution in [0.3, 0.4) is 0 Å². The molecule has 94 valence electrons. The van der Waals surface area contributed by atoms with E-state index in [-0.39, 0.29) is 18.1 Å². The first kappa shape index (κ1) is 13.9. The van der Waals surface area contributed by atoms with Gasteiger partial charge in [0.1, 0.15) is 0 Å². The molecule has 0 radical (unpaired) electrons. The third-order valence-electron chi connectivity index (χ3n) is 2.53. The Morgan fingerprint density at radius 3 is 2.53 bits per heavy atom. The van der Waals surface area contributed by atoms with Crippen LogP contribution in [0, 0.1) is 13.8 Å². The van der Waals surface area contributed by atoms with E-state index in [1.807, 2.05) is 26.0 Å². The predicted octanol–water partition coefficient (Wildman–Crippen LogP) is 1.43. The van der Waals surface area contributed by atoms with Gasteiger partial charge in [0, 0.05) is 5.56 Å². The molecule has 0 aliphatic rings. The summed E-state index contributed by atoms with van der Waals surface area (Å²) in [5.74, 6) is -0.226. The van der Waals surface area contributed by atoms with Crippen LogP contribution in [0.25, 0.3) is 0 Å². The van der Waals surface area contributed by atoms with Gasteiger partial charge in [0.15, 0.2) is 5.78 Å². The monoisotopic (exact) mass is 255 g/mol. The summed E-state index contributed by atoms with van der Waals surface area (Å²) in [5, 5.41) is 0. The molecule has 0 unspecified atom stereocenters. The Kier molecular flexibility index (Phi) is 4.42. The number of carbonyl (C=O) groups is 1.